The van der Waals surface area contributed by atoms with Crippen molar-refractivity contribution in [3.63, 3.8) is 0 Å². The third-order valence-electron chi connectivity index (χ3n) is 9.13. The minimum absolute atomic E-state index is 0. The summed E-state index contributed by atoms with van der Waals surface area (Å²) in [6.07, 6.45) is 3.75. The van der Waals surface area contributed by atoms with Gasteiger partial charge in [-0.25, -0.2) is 0 Å². The van der Waals surface area contributed by atoms with E-state index >= 15 is 0 Å². The number of hydrogen-bond donors (Lipinski definition) is 0. The molecule has 0 atom stereocenters. The Bertz CT molecular complexity index is 2350. The molecule has 2 aliphatic rings. The molecule has 5 aromatic carbocycles. The second-order valence-electron chi connectivity index (χ2n) is 12.2. The van der Waals surface area contributed by atoms with E-state index in [1.165, 1.54) is 22.3 Å². The number of aryl methyl sites for hydroxylation is 3. The SMILES string of the molecule is Cc1cc(C)c(-c2ccnc(-c3[c-]c4c(cc3)Oc3cccc5c3B4c3[c-]c(-c4nccc6ccccc46)ccc3O5)c2)c(C)c1.[Pt+2]. The van der Waals surface area contributed by atoms with Gasteiger partial charge < -0.3 is 19.4 Å². The van der Waals surface area contributed by atoms with Gasteiger partial charge in [-0.05, 0) is 89.5 Å². The molecule has 4 nitrogen and oxygen atoms in total. The fraction of sp³-hybridized carbons (Fsp3) is 0.0732. The number of nitrogens with zero attached hydrogens (tertiary/aromatic N) is 2. The zero-order valence-electron chi connectivity index (χ0n) is 26.0. The minimum Gasteiger partial charge on any atom is -0.503 e. The first-order valence-electron chi connectivity index (χ1n) is 15.5. The van der Waals surface area contributed by atoms with Crippen molar-refractivity contribution in [3.8, 4) is 56.6 Å². The summed E-state index contributed by atoms with van der Waals surface area (Å²) in [7, 11) is 0. The Labute approximate surface area is 288 Å². The molecule has 0 spiro atoms. The molecular weight excluding hydrogens is 758 g/mol. The monoisotopic (exact) mass is 785 g/mol. The van der Waals surface area contributed by atoms with E-state index in [0.29, 0.717) is 0 Å². The Morgan fingerprint density at radius 2 is 1.28 bits per heavy atom. The topological polar surface area (TPSA) is 44.2 Å². The van der Waals surface area contributed by atoms with Crippen molar-refractivity contribution >= 4 is 33.9 Å². The number of hydrogen-bond acceptors (Lipinski definition) is 4. The van der Waals surface area contributed by atoms with Crippen LogP contribution in [0.1, 0.15) is 16.7 Å². The van der Waals surface area contributed by atoms with Crippen LogP contribution in [0.2, 0.25) is 0 Å². The molecule has 4 heterocycles. The molecular formula is C41H27BN2O2Pt. The van der Waals surface area contributed by atoms with E-state index in [9.17, 15) is 0 Å². The third-order valence-corrected chi connectivity index (χ3v) is 9.13. The van der Waals surface area contributed by atoms with Crippen molar-refractivity contribution in [2.75, 3.05) is 0 Å². The number of rotatable bonds is 3. The van der Waals surface area contributed by atoms with Crippen molar-refractivity contribution in [1.82, 2.24) is 9.97 Å². The Hall–Kier alpha value is -4.99. The predicted molar refractivity (Wildman–Crippen MR) is 185 cm³/mol. The van der Waals surface area contributed by atoms with Gasteiger partial charge in [0.1, 0.15) is 11.5 Å². The molecule has 6 heteroatoms. The molecule has 0 aliphatic carbocycles. The summed E-state index contributed by atoms with van der Waals surface area (Å²) in [5, 5.41) is 2.23. The normalized spacial score (nSPS) is 12.3. The standard InChI is InChI=1S/C41H27BN2O2.Pt/c1-24-19-25(2)39(26(3)20-24)29-16-17-43-34(23-29)28-11-13-35-32(21-28)42-33-22-30(41-31-8-5-4-7-27(31)15-18-44-41)12-14-36(33)46-38-10-6-9-37(45-35)40(38)42;/h4-20,23H,1-3H3;/q-2;+2. The molecule has 0 fully saturated rings. The zero-order chi connectivity index (χ0) is 30.9. The van der Waals surface area contributed by atoms with Gasteiger partial charge in [0.25, 0.3) is 0 Å². The average molecular weight is 786 g/mol. The molecule has 0 N–H and O–H groups in total. The largest absolute Gasteiger partial charge is 2.00 e. The first-order chi connectivity index (χ1) is 22.5. The van der Waals surface area contributed by atoms with Crippen LogP contribution in [0.25, 0.3) is 44.4 Å². The second-order valence-corrected chi connectivity index (χ2v) is 12.2. The number of fused-ring (bicyclic) bond motifs is 5. The number of ether oxygens (including phenoxy) is 2. The molecule has 2 aromatic heterocycles. The van der Waals surface area contributed by atoms with E-state index in [0.717, 1.165) is 78.2 Å². The Kier molecular flexibility index (Phi) is 7.11. The maximum atomic E-state index is 6.48. The molecule has 0 unspecified atom stereocenters. The molecule has 0 amide bonds. The van der Waals surface area contributed by atoms with E-state index in [4.69, 9.17) is 19.4 Å². The number of pyridine rings is 2. The molecule has 47 heavy (non-hydrogen) atoms. The van der Waals surface area contributed by atoms with Crippen molar-refractivity contribution in [1.29, 1.82) is 0 Å². The summed E-state index contributed by atoms with van der Waals surface area (Å²) in [6, 6.07) is 40.7. The van der Waals surface area contributed by atoms with E-state index in [2.05, 4.69) is 81.4 Å². The second kappa shape index (κ2) is 11.4. The molecule has 226 valence electrons. The van der Waals surface area contributed by atoms with E-state index < -0.39 is 0 Å². The first-order valence-corrected chi connectivity index (χ1v) is 15.5. The molecule has 0 bridgehead atoms. The number of aromatic nitrogens is 2. The van der Waals surface area contributed by atoms with Crippen molar-refractivity contribution in [2.45, 2.75) is 20.8 Å². The molecule has 0 radical (unpaired) electrons. The molecule has 0 saturated carbocycles. The van der Waals surface area contributed by atoms with Crippen LogP contribution in [0.4, 0.5) is 0 Å². The third kappa shape index (κ3) is 4.80. The minimum atomic E-state index is -0.182. The quantitative estimate of drug-likeness (QED) is 0.135. The first kappa shape index (κ1) is 29.4. The molecule has 7 aromatic rings. The molecule has 0 saturated heterocycles. The van der Waals surface area contributed by atoms with Crippen LogP contribution in [0, 0.1) is 32.9 Å². The predicted octanol–water partition coefficient (Wildman–Crippen LogP) is 7.88. The van der Waals surface area contributed by atoms with Crippen LogP contribution in [0.5, 0.6) is 23.0 Å². The summed E-state index contributed by atoms with van der Waals surface area (Å²) in [5.41, 5.74) is 12.6. The van der Waals surface area contributed by atoms with Crippen LogP contribution in [-0.4, -0.2) is 16.7 Å². The van der Waals surface area contributed by atoms with Crippen LogP contribution >= 0.6 is 0 Å². The number of benzene rings is 5. The Morgan fingerprint density at radius 3 is 2.02 bits per heavy atom. The maximum Gasteiger partial charge on any atom is 2.00 e. The van der Waals surface area contributed by atoms with Gasteiger partial charge in [0.2, 0.25) is 6.71 Å². The zero-order valence-corrected chi connectivity index (χ0v) is 28.3. The van der Waals surface area contributed by atoms with E-state index in [1.54, 1.807) is 0 Å². The van der Waals surface area contributed by atoms with Gasteiger partial charge in [0.05, 0.1) is 0 Å². The van der Waals surface area contributed by atoms with Gasteiger partial charge in [0, 0.05) is 29.4 Å². The Balaban J connectivity index is 0.00000324. The summed E-state index contributed by atoms with van der Waals surface area (Å²) < 4.78 is 13.0. The summed E-state index contributed by atoms with van der Waals surface area (Å²) in [6.45, 7) is 6.31. The van der Waals surface area contributed by atoms with Gasteiger partial charge in [-0.3, -0.25) is 0 Å². The average Bonchev–Trinajstić information content (AvgIpc) is 3.07. The van der Waals surface area contributed by atoms with Crippen molar-refractivity contribution in [2.24, 2.45) is 0 Å². The van der Waals surface area contributed by atoms with Crippen LogP contribution in [0.3, 0.4) is 0 Å². The van der Waals surface area contributed by atoms with Gasteiger partial charge in [-0.2, -0.15) is 0 Å². The van der Waals surface area contributed by atoms with Crippen molar-refractivity contribution < 1.29 is 30.5 Å². The molecule has 2 aliphatic heterocycles. The van der Waals surface area contributed by atoms with Crippen LogP contribution in [0.15, 0.2) is 109 Å². The van der Waals surface area contributed by atoms with Gasteiger partial charge in [0.15, 0.2) is 0 Å². The van der Waals surface area contributed by atoms with E-state index in [-0.39, 0.29) is 27.8 Å². The van der Waals surface area contributed by atoms with Gasteiger partial charge in [-0.15, -0.1) is 58.5 Å². The molecule has 9 rings (SSSR count). The Morgan fingerprint density at radius 1 is 0.617 bits per heavy atom. The van der Waals surface area contributed by atoms with Crippen LogP contribution in [-0.2, 0) is 21.1 Å². The van der Waals surface area contributed by atoms with Crippen molar-refractivity contribution in [3.05, 3.63) is 138 Å². The summed E-state index contributed by atoms with van der Waals surface area (Å²) in [5.74, 6) is 3.12. The summed E-state index contributed by atoms with van der Waals surface area (Å²) >= 11 is 0. The van der Waals surface area contributed by atoms with Gasteiger partial charge >= 0.3 is 21.1 Å². The fourth-order valence-electron chi connectivity index (χ4n) is 7.25. The van der Waals surface area contributed by atoms with Gasteiger partial charge in [-0.1, -0.05) is 54.1 Å². The van der Waals surface area contributed by atoms with E-state index in [1.807, 2.05) is 60.9 Å². The fourth-order valence-corrected chi connectivity index (χ4v) is 7.25. The summed E-state index contributed by atoms with van der Waals surface area (Å²) in [4.78, 5) is 9.59. The maximum absolute atomic E-state index is 6.48. The smallest absolute Gasteiger partial charge is 0.503 e. The van der Waals surface area contributed by atoms with Crippen LogP contribution < -0.4 is 25.9 Å².